The molecule has 1 rings (SSSR count). The maximum absolute atomic E-state index is 5.38. The quantitative estimate of drug-likeness (QED) is 0.727. The topological polar surface area (TPSA) is 21.3 Å². The minimum atomic E-state index is 0.241. The van der Waals surface area contributed by atoms with Gasteiger partial charge in [0.15, 0.2) is 0 Å². The van der Waals surface area contributed by atoms with Crippen molar-refractivity contribution in [2.24, 2.45) is 5.41 Å². The monoisotopic (exact) mass is 185 g/mol. The molecule has 1 N–H and O–H groups in total. The third kappa shape index (κ3) is 4.10. The van der Waals surface area contributed by atoms with Gasteiger partial charge in [0.1, 0.15) is 0 Å². The summed E-state index contributed by atoms with van der Waals surface area (Å²) in [6.45, 7) is 12.0. The van der Waals surface area contributed by atoms with Crippen molar-refractivity contribution < 1.29 is 4.74 Å². The van der Waals surface area contributed by atoms with Crippen LogP contribution in [0.4, 0.5) is 0 Å². The third-order valence-electron chi connectivity index (χ3n) is 2.65. The smallest absolute Gasteiger partial charge is 0.0646 e. The summed E-state index contributed by atoms with van der Waals surface area (Å²) in [7, 11) is 0. The minimum absolute atomic E-state index is 0.241. The molecular weight excluding hydrogens is 162 g/mol. The maximum Gasteiger partial charge on any atom is 0.0646 e. The second-order valence-corrected chi connectivity index (χ2v) is 5.60. The predicted octanol–water partition coefficient (Wildman–Crippen LogP) is 2.19. The van der Waals surface area contributed by atoms with Crippen molar-refractivity contribution >= 4 is 0 Å². The van der Waals surface area contributed by atoms with Crippen LogP contribution in [0.2, 0.25) is 0 Å². The molecule has 2 nitrogen and oxygen atoms in total. The number of nitrogens with one attached hydrogen (secondary N) is 1. The Labute approximate surface area is 82.0 Å². The first-order valence-electron chi connectivity index (χ1n) is 5.24. The largest absolute Gasteiger partial charge is 0.379 e. The van der Waals surface area contributed by atoms with Crippen LogP contribution < -0.4 is 5.32 Å². The fourth-order valence-electron chi connectivity index (χ4n) is 1.55. The molecule has 2 heteroatoms. The van der Waals surface area contributed by atoms with Gasteiger partial charge >= 0.3 is 0 Å². The zero-order valence-corrected chi connectivity index (χ0v) is 9.44. The number of hydrogen-bond donors (Lipinski definition) is 1. The van der Waals surface area contributed by atoms with Crippen LogP contribution in [0, 0.1) is 5.41 Å². The van der Waals surface area contributed by atoms with Crippen molar-refractivity contribution in [3.05, 3.63) is 0 Å². The second-order valence-electron chi connectivity index (χ2n) is 5.60. The normalized spacial score (nSPS) is 29.5. The van der Waals surface area contributed by atoms with Gasteiger partial charge in [0.05, 0.1) is 6.61 Å². The molecule has 1 aliphatic rings. The van der Waals surface area contributed by atoms with Crippen LogP contribution in [0.25, 0.3) is 0 Å². The van der Waals surface area contributed by atoms with E-state index >= 15 is 0 Å². The van der Waals surface area contributed by atoms with Crippen molar-refractivity contribution in [3.8, 4) is 0 Å². The molecule has 0 amide bonds. The van der Waals surface area contributed by atoms with E-state index in [4.69, 9.17) is 4.74 Å². The predicted molar refractivity (Wildman–Crippen MR) is 55.9 cm³/mol. The Balaban J connectivity index is 2.18. The lowest BCUT2D eigenvalue weighted by molar-refractivity contribution is 0.170. The van der Waals surface area contributed by atoms with Gasteiger partial charge in [-0.25, -0.2) is 0 Å². The Bertz CT molecular complexity index is 154. The average molecular weight is 185 g/mol. The van der Waals surface area contributed by atoms with E-state index < -0.39 is 0 Å². The van der Waals surface area contributed by atoms with Crippen LogP contribution in [0.1, 0.15) is 40.5 Å². The van der Waals surface area contributed by atoms with Gasteiger partial charge in [0.25, 0.3) is 0 Å². The van der Waals surface area contributed by atoms with E-state index in [-0.39, 0.29) is 5.54 Å². The van der Waals surface area contributed by atoms with E-state index in [1.807, 2.05) is 0 Å². The van der Waals surface area contributed by atoms with Crippen LogP contribution in [0.15, 0.2) is 0 Å². The molecule has 0 aromatic rings. The molecule has 1 unspecified atom stereocenters. The van der Waals surface area contributed by atoms with E-state index in [0.29, 0.717) is 5.41 Å². The highest BCUT2D eigenvalue weighted by Gasteiger charge is 2.28. The summed E-state index contributed by atoms with van der Waals surface area (Å²) < 4.78 is 5.38. The lowest BCUT2D eigenvalue weighted by Crippen LogP contribution is -2.43. The zero-order valence-electron chi connectivity index (χ0n) is 9.44. The van der Waals surface area contributed by atoms with Gasteiger partial charge in [-0.2, -0.15) is 0 Å². The Morgan fingerprint density at radius 2 is 2.08 bits per heavy atom. The number of ether oxygens (including phenoxy) is 1. The summed E-state index contributed by atoms with van der Waals surface area (Å²) in [6, 6.07) is 0. The highest BCUT2D eigenvalue weighted by molar-refractivity contribution is 4.87. The van der Waals surface area contributed by atoms with E-state index in [2.05, 4.69) is 33.0 Å². The fraction of sp³-hybridized carbons (Fsp3) is 1.00. The molecular formula is C11H23NO. The molecule has 1 fully saturated rings. The van der Waals surface area contributed by atoms with Gasteiger partial charge < -0.3 is 10.1 Å². The first kappa shape index (κ1) is 11.0. The Morgan fingerprint density at radius 1 is 1.38 bits per heavy atom. The standard InChI is InChI=1S/C11H23NO/c1-10(2,3)5-7-12-11(4)6-8-13-9-11/h12H,5-9H2,1-4H3. The van der Waals surface area contributed by atoms with Crippen LogP contribution in [-0.2, 0) is 4.74 Å². The molecule has 0 aromatic carbocycles. The summed E-state index contributed by atoms with van der Waals surface area (Å²) in [4.78, 5) is 0. The van der Waals surface area contributed by atoms with E-state index in [1.54, 1.807) is 0 Å². The Kier molecular flexibility index (Phi) is 3.36. The zero-order chi connectivity index (χ0) is 9.95. The SMILES string of the molecule is CC(C)(C)CCNC1(C)CCOC1. The minimum Gasteiger partial charge on any atom is -0.379 e. The molecule has 1 aliphatic heterocycles. The summed E-state index contributed by atoms with van der Waals surface area (Å²) in [5.41, 5.74) is 0.675. The van der Waals surface area contributed by atoms with Crippen LogP contribution in [0.5, 0.6) is 0 Å². The number of rotatable bonds is 3. The van der Waals surface area contributed by atoms with Gasteiger partial charge in [-0.15, -0.1) is 0 Å². The first-order valence-corrected chi connectivity index (χ1v) is 5.24. The van der Waals surface area contributed by atoms with Crippen molar-refractivity contribution in [1.29, 1.82) is 0 Å². The molecule has 0 bridgehead atoms. The molecule has 0 aliphatic carbocycles. The fourth-order valence-corrected chi connectivity index (χ4v) is 1.55. The lowest BCUT2D eigenvalue weighted by atomic mass is 9.91. The summed E-state index contributed by atoms with van der Waals surface area (Å²) in [5, 5.41) is 3.59. The van der Waals surface area contributed by atoms with Crippen molar-refractivity contribution in [2.45, 2.75) is 46.1 Å². The second kappa shape index (κ2) is 3.97. The summed E-state index contributed by atoms with van der Waals surface area (Å²) >= 11 is 0. The highest BCUT2D eigenvalue weighted by atomic mass is 16.5. The average Bonchev–Trinajstić information content (AvgIpc) is 2.33. The molecule has 1 heterocycles. The molecule has 78 valence electrons. The van der Waals surface area contributed by atoms with Crippen molar-refractivity contribution in [1.82, 2.24) is 5.32 Å². The molecule has 0 aromatic heterocycles. The van der Waals surface area contributed by atoms with Crippen LogP contribution >= 0.6 is 0 Å². The molecule has 0 radical (unpaired) electrons. The van der Waals surface area contributed by atoms with Gasteiger partial charge in [-0.1, -0.05) is 20.8 Å². The van der Waals surface area contributed by atoms with Gasteiger partial charge in [0, 0.05) is 12.1 Å². The summed E-state index contributed by atoms with van der Waals surface area (Å²) in [5.74, 6) is 0. The highest BCUT2D eigenvalue weighted by Crippen LogP contribution is 2.20. The Hall–Kier alpha value is -0.0800. The first-order chi connectivity index (χ1) is 5.91. The van der Waals surface area contributed by atoms with Crippen molar-refractivity contribution in [3.63, 3.8) is 0 Å². The summed E-state index contributed by atoms with van der Waals surface area (Å²) in [6.07, 6.45) is 2.37. The molecule has 1 saturated heterocycles. The van der Waals surface area contributed by atoms with Crippen molar-refractivity contribution in [2.75, 3.05) is 19.8 Å². The molecule has 13 heavy (non-hydrogen) atoms. The number of hydrogen-bond acceptors (Lipinski definition) is 2. The van der Waals surface area contributed by atoms with Crippen LogP contribution in [0.3, 0.4) is 0 Å². The Morgan fingerprint density at radius 3 is 2.54 bits per heavy atom. The maximum atomic E-state index is 5.38. The van der Waals surface area contributed by atoms with Gasteiger partial charge in [-0.3, -0.25) is 0 Å². The van der Waals surface area contributed by atoms with E-state index in [1.165, 1.54) is 6.42 Å². The van der Waals surface area contributed by atoms with Gasteiger partial charge in [-0.05, 0) is 31.7 Å². The van der Waals surface area contributed by atoms with Gasteiger partial charge in [0.2, 0.25) is 0 Å². The van der Waals surface area contributed by atoms with E-state index in [9.17, 15) is 0 Å². The third-order valence-corrected chi connectivity index (χ3v) is 2.65. The lowest BCUT2D eigenvalue weighted by Gasteiger charge is -2.26. The molecule has 0 saturated carbocycles. The molecule has 0 spiro atoms. The molecule has 1 atom stereocenters. The van der Waals surface area contributed by atoms with E-state index in [0.717, 1.165) is 26.2 Å². The van der Waals surface area contributed by atoms with Crippen LogP contribution in [-0.4, -0.2) is 25.3 Å².